The standard InChI is InChI=1S/C35H30N4S/c1-23-13-9-10-18-26(23)29-21-28-27-19-11-12-20-30(27)39(31(28)22-32(29)40-2)35-37-33(24-14-5-3-6-15-24)36-34(38-35)25-16-7-4-8-17-25/h3-10,13-18,21-22H,11-12,19-20H2,1-2H3/p+1. The topological polar surface area (TPSA) is 44.9 Å². The van der Waals surface area contributed by atoms with Gasteiger partial charge in [0.25, 0.3) is 5.82 Å². The normalized spacial score (nSPS) is 12.9. The van der Waals surface area contributed by atoms with Crippen molar-refractivity contribution in [3.05, 3.63) is 114 Å². The smallest absolute Gasteiger partial charge is 0.235 e. The molecule has 0 amide bonds. The van der Waals surface area contributed by atoms with Crippen LogP contribution in [0.2, 0.25) is 0 Å². The lowest BCUT2D eigenvalue weighted by atomic mass is 9.93. The molecule has 7 rings (SSSR count). The minimum absolute atomic E-state index is 0.723. The van der Waals surface area contributed by atoms with E-state index in [1.807, 2.05) is 36.0 Å². The van der Waals surface area contributed by atoms with E-state index in [1.165, 1.54) is 56.6 Å². The van der Waals surface area contributed by atoms with Crippen LogP contribution in [0.3, 0.4) is 0 Å². The van der Waals surface area contributed by atoms with Gasteiger partial charge >= 0.3 is 5.95 Å². The SMILES string of the molecule is CSc1cc2c(cc1-c1ccccc1C)c1c(n2-c2nc(-c3ccccc3)nc(-c3ccccc3)[nH+]2)CCCC1. The van der Waals surface area contributed by atoms with Crippen LogP contribution in [-0.2, 0) is 12.8 Å². The summed E-state index contributed by atoms with van der Waals surface area (Å²) in [5, 5.41) is 1.33. The predicted octanol–water partition coefficient (Wildman–Crippen LogP) is 8.14. The molecule has 0 spiro atoms. The Balaban J connectivity index is 1.52. The summed E-state index contributed by atoms with van der Waals surface area (Å²) in [6, 6.07) is 34.1. The monoisotopic (exact) mass is 539 g/mol. The van der Waals surface area contributed by atoms with E-state index in [0.717, 1.165) is 41.6 Å². The summed E-state index contributed by atoms with van der Waals surface area (Å²) < 4.78 is 2.38. The van der Waals surface area contributed by atoms with Crippen molar-refractivity contribution < 1.29 is 4.98 Å². The van der Waals surface area contributed by atoms with E-state index in [0.29, 0.717) is 0 Å². The number of benzene rings is 4. The summed E-state index contributed by atoms with van der Waals surface area (Å²) in [6.07, 6.45) is 6.71. The van der Waals surface area contributed by atoms with Gasteiger partial charge in [-0.3, -0.25) is 0 Å². The quantitative estimate of drug-likeness (QED) is 0.208. The van der Waals surface area contributed by atoms with Crippen LogP contribution in [-0.4, -0.2) is 20.8 Å². The summed E-state index contributed by atoms with van der Waals surface area (Å²) in [4.78, 5) is 15.1. The first kappa shape index (κ1) is 24.8. The van der Waals surface area contributed by atoms with Gasteiger partial charge in [0, 0.05) is 21.4 Å². The largest absolute Gasteiger partial charge is 0.360 e. The number of hydrogen-bond donors (Lipinski definition) is 0. The molecule has 1 N–H and O–H groups in total. The van der Waals surface area contributed by atoms with E-state index in [9.17, 15) is 0 Å². The Hall–Kier alpha value is -4.22. The summed E-state index contributed by atoms with van der Waals surface area (Å²) in [5.74, 6) is 2.36. The molecule has 0 unspecified atom stereocenters. The Morgan fingerprint density at radius 3 is 2.20 bits per heavy atom. The molecule has 1 aliphatic rings. The van der Waals surface area contributed by atoms with Gasteiger partial charge in [0.05, 0.1) is 5.69 Å². The van der Waals surface area contributed by atoms with Crippen LogP contribution in [0.4, 0.5) is 0 Å². The fraction of sp³-hybridized carbons (Fsp3) is 0.171. The van der Waals surface area contributed by atoms with E-state index in [2.05, 4.69) is 95.5 Å². The first-order valence-electron chi connectivity index (χ1n) is 13.9. The van der Waals surface area contributed by atoms with Crippen molar-refractivity contribution in [2.75, 3.05) is 6.26 Å². The van der Waals surface area contributed by atoms with Gasteiger partial charge in [-0.1, -0.05) is 65.6 Å². The zero-order valence-corrected chi connectivity index (χ0v) is 23.6. The highest BCUT2D eigenvalue weighted by Crippen LogP contribution is 2.41. The molecule has 1 aliphatic carbocycles. The van der Waals surface area contributed by atoms with Crippen molar-refractivity contribution in [2.24, 2.45) is 0 Å². The molecule has 0 atom stereocenters. The number of rotatable bonds is 5. The van der Waals surface area contributed by atoms with Crippen molar-refractivity contribution in [3.63, 3.8) is 0 Å². The second-order valence-electron chi connectivity index (χ2n) is 10.4. The number of H-pyrrole nitrogens is 1. The Kier molecular flexibility index (Phi) is 6.45. The van der Waals surface area contributed by atoms with Crippen molar-refractivity contribution in [1.29, 1.82) is 0 Å². The predicted molar refractivity (Wildman–Crippen MR) is 165 cm³/mol. The molecule has 4 aromatic carbocycles. The van der Waals surface area contributed by atoms with Gasteiger partial charge in [0.15, 0.2) is 0 Å². The lowest BCUT2D eigenvalue weighted by Gasteiger charge is -2.12. The van der Waals surface area contributed by atoms with Gasteiger partial charge < -0.3 is 0 Å². The fourth-order valence-electron chi connectivity index (χ4n) is 6.01. The number of fused-ring (bicyclic) bond motifs is 3. The molecule has 196 valence electrons. The zero-order valence-electron chi connectivity index (χ0n) is 22.8. The molecule has 0 aliphatic heterocycles. The molecule has 0 radical (unpaired) electrons. The van der Waals surface area contributed by atoms with Gasteiger partial charge in [-0.15, -0.1) is 16.7 Å². The molecule has 2 aromatic heterocycles. The maximum absolute atomic E-state index is 5.17. The molecule has 4 nitrogen and oxygen atoms in total. The van der Waals surface area contributed by atoms with Gasteiger partial charge in [0.1, 0.15) is 5.52 Å². The third kappa shape index (κ3) is 4.31. The molecule has 0 saturated carbocycles. The zero-order chi connectivity index (χ0) is 27.1. The lowest BCUT2D eigenvalue weighted by Crippen LogP contribution is -2.23. The first-order valence-corrected chi connectivity index (χ1v) is 15.2. The molecule has 0 bridgehead atoms. The Morgan fingerprint density at radius 2 is 1.45 bits per heavy atom. The van der Waals surface area contributed by atoms with Crippen molar-refractivity contribution >= 4 is 22.7 Å². The number of hydrogen-bond acceptors (Lipinski definition) is 3. The Morgan fingerprint density at radius 1 is 0.750 bits per heavy atom. The summed E-state index contributed by atoms with van der Waals surface area (Å²) >= 11 is 1.81. The number of aromatic nitrogens is 4. The van der Waals surface area contributed by atoms with Crippen LogP contribution in [0.1, 0.15) is 29.7 Å². The number of nitrogens with zero attached hydrogens (tertiary/aromatic N) is 3. The van der Waals surface area contributed by atoms with Gasteiger partial charge in [0.2, 0.25) is 5.82 Å². The van der Waals surface area contributed by atoms with Crippen LogP contribution in [0.25, 0.3) is 50.8 Å². The Bertz CT molecular complexity index is 1780. The molecule has 5 heteroatoms. The molecule has 0 fully saturated rings. The third-order valence-corrected chi connectivity index (χ3v) is 8.76. The molecular formula is C35H31N4S+. The number of aromatic amines is 1. The highest BCUT2D eigenvalue weighted by atomic mass is 32.2. The average Bonchev–Trinajstić information content (AvgIpc) is 3.34. The van der Waals surface area contributed by atoms with Crippen LogP contribution in [0.5, 0.6) is 0 Å². The average molecular weight is 540 g/mol. The summed E-state index contributed by atoms with van der Waals surface area (Å²) in [5.41, 5.74) is 9.99. The second kappa shape index (κ2) is 10.4. The maximum Gasteiger partial charge on any atom is 0.360 e. The van der Waals surface area contributed by atoms with Gasteiger partial charge in [-0.25, -0.2) is 9.55 Å². The van der Waals surface area contributed by atoms with E-state index < -0.39 is 0 Å². The van der Waals surface area contributed by atoms with Crippen LogP contribution >= 0.6 is 11.8 Å². The first-order chi connectivity index (χ1) is 19.7. The highest BCUT2D eigenvalue weighted by Gasteiger charge is 2.29. The number of aryl methyl sites for hydroxylation is 2. The minimum atomic E-state index is 0.723. The van der Waals surface area contributed by atoms with Crippen LogP contribution in [0.15, 0.2) is 102 Å². The van der Waals surface area contributed by atoms with E-state index in [-0.39, 0.29) is 0 Å². The summed E-state index contributed by atoms with van der Waals surface area (Å²) in [6.45, 7) is 2.20. The van der Waals surface area contributed by atoms with Crippen molar-refractivity contribution in [1.82, 2.24) is 14.5 Å². The van der Waals surface area contributed by atoms with E-state index >= 15 is 0 Å². The van der Waals surface area contributed by atoms with Crippen molar-refractivity contribution in [3.8, 4) is 39.9 Å². The van der Waals surface area contributed by atoms with Crippen LogP contribution < -0.4 is 4.98 Å². The molecule has 6 aromatic rings. The number of nitrogens with one attached hydrogen (secondary N) is 1. The second-order valence-corrected chi connectivity index (χ2v) is 11.3. The minimum Gasteiger partial charge on any atom is -0.235 e. The molecule has 40 heavy (non-hydrogen) atoms. The third-order valence-electron chi connectivity index (χ3n) is 7.98. The van der Waals surface area contributed by atoms with Crippen molar-refractivity contribution in [2.45, 2.75) is 37.5 Å². The fourth-order valence-corrected chi connectivity index (χ4v) is 6.63. The van der Waals surface area contributed by atoms with Gasteiger partial charge in [-0.2, -0.15) is 0 Å². The Labute approximate surface area is 239 Å². The molecule has 0 saturated heterocycles. The summed E-state index contributed by atoms with van der Waals surface area (Å²) in [7, 11) is 0. The molecule has 2 heterocycles. The van der Waals surface area contributed by atoms with E-state index in [4.69, 9.17) is 9.97 Å². The number of thioether (sulfide) groups is 1. The lowest BCUT2D eigenvalue weighted by molar-refractivity contribution is -0.368. The highest BCUT2D eigenvalue weighted by molar-refractivity contribution is 7.98. The maximum atomic E-state index is 5.17. The van der Waals surface area contributed by atoms with Crippen LogP contribution in [0, 0.1) is 6.92 Å². The molecular weight excluding hydrogens is 508 g/mol. The van der Waals surface area contributed by atoms with E-state index in [1.54, 1.807) is 0 Å². The van der Waals surface area contributed by atoms with Gasteiger partial charge in [-0.05, 0) is 97.5 Å².